The fourth-order valence-corrected chi connectivity index (χ4v) is 3.22. The zero-order chi connectivity index (χ0) is 24.6. The van der Waals surface area contributed by atoms with Crippen molar-refractivity contribution in [1.29, 1.82) is 0 Å². The summed E-state index contributed by atoms with van der Waals surface area (Å²) in [7, 11) is 0. The van der Waals surface area contributed by atoms with Gasteiger partial charge >= 0.3 is 5.97 Å². The number of hydrogen-bond donors (Lipinski definition) is 2. The average Bonchev–Trinajstić information content (AvgIpc) is 3.20. The van der Waals surface area contributed by atoms with Gasteiger partial charge in [0.15, 0.2) is 0 Å². The maximum Gasteiger partial charge on any atom is 0.346 e. The molecule has 8 heteroatoms. The number of carboxylic acid groups (broad SMARTS) is 1. The molecule has 0 radical (unpaired) electrons. The summed E-state index contributed by atoms with van der Waals surface area (Å²) in [6.07, 6.45) is 0. The van der Waals surface area contributed by atoms with Crippen LogP contribution >= 0.6 is 11.3 Å². The molecular weight excluding hydrogens is 388 g/mol. The number of benzene rings is 2. The Morgan fingerprint density at radius 2 is 1.96 bits per heavy atom. The first kappa shape index (κ1) is 13.8. The zero-order valence-electron chi connectivity index (χ0n) is 19.0. The van der Waals surface area contributed by atoms with E-state index in [1.165, 1.54) is 35.7 Å². The van der Waals surface area contributed by atoms with Crippen molar-refractivity contribution in [3.05, 3.63) is 69.9 Å². The van der Waals surface area contributed by atoms with E-state index in [0.29, 0.717) is 0 Å². The molecular formula is C20H15F2NO4S. The molecule has 0 atom stereocenters. The molecule has 0 saturated carbocycles. The second-order valence-corrected chi connectivity index (χ2v) is 6.39. The summed E-state index contributed by atoms with van der Waals surface area (Å²) in [5.41, 5.74) is -0.832. The van der Waals surface area contributed by atoms with Crippen molar-refractivity contribution >= 4 is 28.9 Å². The molecule has 0 fully saturated rings. The first-order chi connectivity index (χ1) is 15.3. The fourth-order valence-electron chi connectivity index (χ4n) is 2.49. The lowest BCUT2D eigenvalue weighted by Gasteiger charge is -2.11. The number of halogens is 2. The standard InChI is InChI=1S/C20H15F2NO4S/c1-2-27-13-5-3-4-11(8-13)12-9-15(21)17(16(22)10-12)23-19(24)14-6-7-28-18(14)20(25)26/h3-10H,2H2,1H3,(H,23,24)(H,25,26)/i1D3,2D2. The third-order valence-electron chi connectivity index (χ3n) is 3.72. The van der Waals surface area contributed by atoms with Gasteiger partial charge in [0.25, 0.3) is 5.91 Å². The van der Waals surface area contributed by atoms with Crippen molar-refractivity contribution in [3.63, 3.8) is 0 Å². The lowest BCUT2D eigenvalue weighted by atomic mass is 10.0. The number of hydrogen-bond acceptors (Lipinski definition) is 4. The highest BCUT2D eigenvalue weighted by atomic mass is 32.1. The predicted octanol–water partition coefficient (Wildman–Crippen LogP) is 5.04. The number of anilines is 1. The van der Waals surface area contributed by atoms with Crippen LogP contribution in [0.15, 0.2) is 47.8 Å². The van der Waals surface area contributed by atoms with Crippen molar-refractivity contribution < 1.29 is 35.1 Å². The summed E-state index contributed by atoms with van der Waals surface area (Å²) >= 11 is 0.790. The van der Waals surface area contributed by atoms with Crippen LogP contribution in [0.2, 0.25) is 0 Å². The molecule has 0 spiro atoms. The molecule has 0 aliphatic carbocycles. The highest BCUT2D eigenvalue weighted by Crippen LogP contribution is 2.30. The lowest BCUT2D eigenvalue weighted by Crippen LogP contribution is -2.16. The van der Waals surface area contributed by atoms with Crippen molar-refractivity contribution in [2.45, 2.75) is 6.85 Å². The molecule has 2 N–H and O–H groups in total. The van der Waals surface area contributed by atoms with Gasteiger partial charge in [0.1, 0.15) is 27.9 Å². The Bertz CT molecular complexity index is 1210. The van der Waals surface area contributed by atoms with Gasteiger partial charge in [0, 0.05) is 4.11 Å². The molecule has 0 bridgehead atoms. The van der Waals surface area contributed by atoms with Gasteiger partial charge in [-0.3, -0.25) is 4.79 Å². The molecule has 0 aliphatic rings. The molecule has 144 valence electrons. The quantitative estimate of drug-likeness (QED) is 0.599. The Morgan fingerprint density at radius 3 is 2.64 bits per heavy atom. The number of ether oxygens (including phenoxy) is 1. The summed E-state index contributed by atoms with van der Waals surface area (Å²) < 4.78 is 70.9. The van der Waals surface area contributed by atoms with E-state index < -0.39 is 42.6 Å². The Labute approximate surface area is 170 Å². The summed E-state index contributed by atoms with van der Waals surface area (Å²) in [5.74, 6) is -4.81. The van der Waals surface area contributed by atoms with E-state index >= 15 is 0 Å². The number of carbonyl (C=O) groups is 2. The van der Waals surface area contributed by atoms with Crippen LogP contribution in [-0.2, 0) is 0 Å². The summed E-state index contributed by atoms with van der Waals surface area (Å²) in [6.45, 7) is -6.06. The van der Waals surface area contributed by atoms with Crippen molar-refractivity contribution in [2.24, 2.45) is 0 Å². The van der Waals surface area contributed by atoms with E-state index in [9.17, 15) is 18.4 Å². The second kappa shape index (κ2) is 8.18. The Balaban J connectivity index is 1.88. The number of thiophene rings is 1. The largest absolute Gasteiger partial charge is 0.494 e. The zero-order valence-corrected chi connectivity index (χ0v) is 14.8. The maximum atomic E-state index is 14.7. The number of rotatable bonds is 6. The Morgan fingerprint density at radius 1 is 1.21 bits per heavy atom. The summed E-state index contributed by atoms with van der Waals surface area (Å²) in [6, 6.07) is 8.35. The minimum atomic E-state index is -3.07. The van der Waals surface area contributed by atoms with Gasteiger partial charge in [-0.15, -0.1) is 11.3 Å². The molecule has 0 unspecified atom stereocenters. The molecule has 1 heterocycles. The second-order valence-electron chi connectivity index (χ2n) is 5.47. The van der Waals surface area contributed by atoms with Crippen LogP contribution in [-0.4, -0.2) is 23.5 Å². The van der Waals surface area contributed by atoms with Gasteiger partial charge in [0.05, 0.1) is 14.9 Å². The van der Waals surface area contributed by atoms with E-state index in [1.807, 2.05) is 5.32 Å². The minimum Gasteiger partial charge on any atom is -0.494 e. The highest BCUT2D eigenvalue weighted by molar-refractivity contribution is 7.12. The molecule has 0 saturated heterocycles. The van der Waals surface area contributed by atoms with E-state index in [4.69, 9.17) is 16.7 Å². The normalized spacial score (nSPS) is 14.1. The van der Waals surface area contributed by atoms with Crippen LogP contribution in [0.5, 0.6) is 5.75 Å². The molecule has 3 aromatic rings. The van der Waals surface area contributed by atoms with E-state index in [1.54, 1.807) is 0 Å². The number of carbonyl (C=O) groups excluding carboxylic acids is 1. The third-order valence-corrected chi connectivity index (χ3v) is 4.62. The number of amides is 1. The molecule has 2 aromatic carbocycles. The van der Waals surface area contributed by atoms with Crippen molar-refractivity contribution in [2.75, 3.05) is 11.9 Å². The average molecular weight is 408 g/mol. The molecule has 5 nitrogen and oxygen atoms in total. The smallest absolute Gasteiger partial charge is 0.346 e. The number of nitrogens with one attached hydrogen (secondary N) is 1. The topological polar surface area (TPSA) is 75.6 Å². The minimum absolute atomic E-state index is 0.00431. The van der Waals surface area contributed by atoms with Crippen LogP contribution < -0.4 is 10.1 Å². The van der Waals surface area contributed by atoms with Gasteiger partial charge < -0.3 is 15.2 Å². The highest BCUT2D eigenvalue weighted by Gasteiger charge is 2.21. The van der Waals surface area contributed by atoms with Gasteiger partial charge in [-0.25, -0.2) is 13.6 Å². The van der Waals surface area contributed by atoms with Gasteiger partial charge in [-0.05, 0) is 53.7 Å². The molecule has 1 aromatic heterocycles. The van der Waals surface area contributed by atoms with Crippen molar-refractivity contribution in [3.8, 4) is 16.9 Å². The van der Waals surface area contributed by atoms with Crippen LogP contribution in [0.3, 0.4) is 0 Å². The van der Waals surface area contributed by atoms with Gasteiger partial charge in [-0.1, -0.05) is 12.1 Å². The van der Waals surface area contributed by atoms with Gasteiger partial charge in [0.2, 0.25) is 0 Å². The summed E-state index contributed by atoms with van der Waals surface area (Å²) in [5, 5.41) is 12.5. The summed E-state index contributed by atoms with van der Waals surface area (Å²) in [4.78, 5) is 23.2. The molecule has 28 heavy (non-hydrogen) atoms. The van der Waals surface area contributed by atoms with Crippen LogP contribution in [0.1, 0.15) is 33.7 Å². The first-order valence-electron chi connectivity index (χ1n) is 10.2. The Kier molecular flexibility index (Phi) is 4.04. The SMILES string of the molecule is [2H]C([2H])([2H])C([2H])([2H])Oc1cccc(-c2cc(F)c(NC(=O)c3ccsc3C(=O)O)c(F)c2)c1. The van der Waals surface area contributed by atoms with Crippen LogP contribution in [0.4, 0.5) is 14.5 Å². The third kappa shape index (κ3) is 4.01. The van der Waals surface area contributed by atoms with E-state index in [-0.39, 0.29) is 27.3 Å². The van der Waals surface area contributed by atoms with Crippen LogP contribution in [0.25, 0.3) is 11.1 Å². The molecule has 0 aliphatic heterocycles. The molecule has 1 amide bonds. The molecule has 3 rings (SSSR count). The fraction of sp³-hybridized carbons (Fsp3) is 0.100. The first-order valence-corrected chi connectivity index (χ1v) is 8.59. The monoisotopic (exact) mass is 408 g/mol. The van der Waals surface area contributed by atoms with Crippen molar-refractivity contribution in [1.82, 2.24) is 0 Å². The number of carboxylic acids is 1. The Hall–Kier alpha value is -3.26. The number of aromatic carboxylic acids is 1. The lowest BCUT2D eigenvalue weighted by molar-refractivity contribution is 0.0698. The van der Waals surface area contributed by atoms with E-state index in [2.05, 4.69) is 0 Å². The van der Waals surface area contributed by atoms with Gasteiger partial charge in [-0.2, -0.15) is 0 Å². The predicted molar refractivity (Wildman–Crippen MR) is 102 cm³/mol. The van der Waals surface area contributed by atoms with Crippen LogP contribution in [0, 0.1) is 11.6 Å². The maximum absolute atomic E-state index is 14.7. The van der Waals surface area contributed by atoms with E-state index in [0.717, 1.165) is 23.5 Å².